The molecule has 0 aromatic heterocycles. The highest BCUT2D eigenvalue weighted by molar-refractivity contribution is 7.80. The van der Waals surface area contributed by atoms with Crippen molar-refractivity contribution in [2.24, 2.45) is 4.99 Å². The fraction of sp³-hybridized carbons (Fsp3) is 0.240. The van der Waals surface area contributed by atoms with Gasteiger partial charge in [-0.15, -0.1) is 0 Å². The zero-order valence-corrected chi connectivity index (χ0v) is 18.5. The lowest BCUT2D eigenvalue weighted by Gasteiger charge is -2.23. The van der Waals surface area contributed by atoms with Gasteiger partial charge in [0, 0.05) is 5.56 Å². The van der Waals surface area contributed by atoms with Crippen LogP contribution in [-0.4, -0.2) is 18.5 Å². The molecule has 4 rings (SSSR count). The molecule has 0 bridgehead atoms. The predicted molar refractivity (Wildman–Crippen MR) is 122 cm³/mol. The van der Waals surface area contributed by atoms with Gasteiger partial charge in [0.05, 0.1) is 11.6 Å². The summed E-state index contributed by atoms with van der Waals surface area (Å²) in [6, 6.07) is 20.2. The van der Waals surface area contributed by atoms with Crippen LogP contribution in [0.2, 0.25) is 0 Å². The fourth-order valence-electron chi connectivity index (χ4n) is 3.52. The molecule has 0 saturated carbocycles. The van der Waals surface area contributed by atoms with Gasteiger partial charge >= 0.3 is 6.18 Å². The zero-order valence-electron chi connectivity index (χ0n) is 17.6. The van der Waals surface area contributed by atoms with Crippen LogP contribution in [0.1, 0.15) is 29.2 Å². The van der Waals surface area contributed by atoms with E-state index < -0.39 is 19.7 Å². The molecule has 1 heterocycles. The number of aliphatic imine (C=N–C) groups is 1. The number of aryl methyl sites for hydroxylation is 2. The standard InChI is InChI=1S/C25H23F3NOP/c1-16-4-9-20(10-5-16)31(21-11-6-17(2)7-12-21)23-13-8-19(25(26,27)28)14-22(23)24-29-18(3)15-30-24/h4-14,18H,15H2,1-3H3/t18-/m0/s1. The summed E-state index contributed by atoms with van der Waals surface area (Å²) >= 11 is 0. The van der Waals surface area contributed by atoms with Crippen LogP contribution in [0.5, 0.6) is 0 Å². The van der Waals surface area contributed by atoms with Crippen LogP contribution in [0, 0.1) is 13.8 Å². The number of alkyl halides is 3. The number of benzene rings is 3. The first-order valence-corrected chi connectivity index (χ1v) is 11.4. The Morgan fingerprint density at radius 2 is 1.42 bits per heavy atom. The van der Waals surface area contributed by atoms with Crippen molar-refractivity contribution in [1.29, 1.82) is 0 Å². The molecular formula is C25H23F3NOP. The Labute approximate surface area is 181 Å². The quantitative estimate of drug-likeness (QED) is 0.507. The minimum atomic E-state index is -4.44. The molecule has 0 fully saturated rings. The third kappa shape index (κ3) is 4.67. The molecule has 160 valence electrons. The van der Waals surface area contributed by atoms with E-state index in [-0.39, 0.29) is 6.04 Å². The van der Waals surface area contributed by atoms with Crippen molar-refractivity contribution in [2.75, 3.05) is 6.61 Å². The number of ether oxygens (including phenoxy) is 1. The predicted octanol–water partition coefficient (Wildman–Crippen LogP) is 5.25. The highest BCUT2D eigenvalue weighted by atomic mass is 31.1. The number of halogens is 3. The summed E-state index contributed by atoms with van der Waals surface area (Å²) in [5, 5.41) is 2.94. The second-order valence-corrected chi connectivity index (χ2v) is 10.0. The van der Waals surface area contributed by atoms with Gasteiger partial charge in [-0.25, -0.2) is 4.99 Å². The monoisotopic (exact) mass is 441 g/mol. The molecule has 0 unspecified atom stereocenters. The third-order valence-electron chi connectivity index (χ3n) is 5.18. The lowest BCUT2D eigenvalue weighted by atomic mass is 10.1. The topological polar surface area (TPSA) is 21.6 Å². The molecular weight excluding hydrogens is 418 g/mol. The van der Waals surface area contributed by atoms with E-state index in [9.17, 15) is 13.2 Å². The Morgan fingerprint density at radius 1 is 0.871 bits per heavy atom. The largest absolute Gasteiger partial charge is 0.475 e. The lowest BCUT2D eigenvalue weighted by Crippen LogP contribution is -2.26. The smallest absolute Gasteiger partial charge is 0.416 e. The maximum absolute atomic E-state index is 13.5. The van der Waals surface area contributed by atoms with Crippen LogP contribution < -0.4 is 15.9 Å². The summed E-state index contributed by atoms with van der Waals surface area (Å²) in [5.41, 5.74) is 1.99. The third-order valence-corrected chi connectivity index (χ3v) is 7.68. The van der Waals surface area contributed by atoms with Crippen LogP contribution >= 0.6 is 7.92 Å². The molecule has 3 aromatic rings. The van der Waals surface area contributed by atoms with Crippen LogP contribution in [0.15, 0.2) is 71.7 Å². The van der Waals surface area contributed by atoms with Crippen molar-refractivity contribution in [3.8, 4) is 0 Å². The first-order valence-electron chi connectivity index (χ1n) is 10.1. The van der Waals surface area contributed by atoms with Gasteiger partial charge in [-0.3, -0.25) is 0 Å². The fourth-order valence-corrected chi connectivity index (χ4v) is 5.89. The molecule has 0 amide bonds. The van der Waals surface area contributed by atoms with Crippen molar-refractivity contribution in [3.05, 3.63) is 89.0 Å². The Balaban J connectivity index is 1.94. The van der Waals surface area contributed by atoms with E-state index in [4.69, 9.17) is 4.74 Å². The molecule has 1 atom stereocenters. The van der Waals surface area contributed by atoms with Gasteiger partial charge < -0.3 is 4.74 Å². The molecule has 0 saturated heterocycles. The van der Waals surface area contributed by atoms with Crippen molar-refractivity contribution >= 4 is 29.7 Å². The van der Waals surface area contributed by atoms with E-state index in [1.807, 2.05) is 45.0 Å². The normalized spacial score (nSPS) is 16.4. The van der Waals surface area contributed by atoms with E-state index in [0.717, 1.165) is 33.1 Å². The van der Waals surface area contributed by atoms with Crippen LogP contribution in [0.4, 0.5) is 13.2 Å². The molecule has 0 radical (unpaired) electrons. The Kier molecular flexibility index (Phi) is 5.90. The second kappa shape index (κ2) is 8.47. The maximum Gasteiger partial charge on any atom is 0.416 e. The van der Waals surface area contributed by atoms with Crippen molar-refractivity contribution in [1.82, 2.24) is 0 Å². The molecule has 3 aromatic carbocycles. The van der Waals surface area contributed by atoms with E-state index >= 15 is 0 Å². The highest BCUT2D eigenvalue weighted by Crippen LogP contribution is 2.37. The Hall–Kier alpha value is -2.65. The lowest BCUT2D eigenvalue weighted by molar-refractivity contribution is -0.137. The minimum Gasteiger partial charge on any atom is -0.475 e. The number of hydrogen-bond acceptors (Lipinski definition) is 2. The molecule has 2 nitrogen and oxygen atoms in total. The van der Waals surface area contributed by atoms with E-state index in [1.165, 1.54) is 6.07 Å². The second-order valence-electron chi connectivity index (χ2n) is 7.83. The van der Waals surface area contributed by atoms with Gasteiger partial charge in [0.25, 0.3) is 0 Å². The summed E-state index contributed by atoms with van der Waals surface area (Å²) in [6.07, 6.45) is -4.44. The van der Waals surface area contributed by atoms with Crippen LogP contribution in [-0.2, 0) is 10.9 Å². The van der Waals surface area contributed by atoms with Gasteiger partial charge in [0.2, 0.25) is 5.90 Å². The summed E-state index contributed by atoms with van der Waals surface area (Å²) in [7, 11) is -1.10. The van der Waals surface area contributed by atoms with Gasteiger partial charge in [-0.05, 0) is 56.7 Å². The SMILES string of the molecule is Cc1ccc(P(c2ccc(C)cc2)c2ccc(C(F)(F)F)cc2C2=N[C@@H](C)CO2)cc1. The first kappa shape index (κ1) is 21.6. The van der Waals surface area contributed by atoms with E-state index in [2.05, 4.69) is 29.3 Å². The van der Waals surface area contributed by atoms with Gasteiger partial charge in [-0.1, -0.05) is 65.7 Å². The highest BCUT2D eigenvalue weighted by Gasteiger charge is 2.34. The van der Waals surface area contributed by atoms with Crippen LogP contribution in [0.25, 0.3) is 0 Å². The minimum absolute atomic E-state index is 0.0811. The summed E-state index contributed by atoms with van der Waals surface area (Å²) in [4.78, 5) is 4.48. The van der Waals surface area contributed by atoms with Gasteiger partial charge in [0.1, 0.15) is 6.61 Å². The maximum atomic E-state index is 13.5. The summed E-state index contributed by atoms with van der Waals surface area (Å²) < 4.78 is 46.3. The molecule has 0 spiro atoms. The number of hydrogen-bond donors (Lipinski definition) is 0. The van der Waals surface area contributed by atoms with E-state index in [0.29, 0.717) is 18.1 Å². The van der Waals surface area contributed by atoms with E-state index in [1.54, 1.807) is 6.07 Å². The zero-order chi connectivity index (χ0) is 22.2. The molecule has 1 aliphatic heterocycles. The average Bonchev–Trinajstić information content (AvgIpc) is 3.16. The molecule has 6 heteroatoms. The van der Waals surface area contributed by atoms with Crippen molar-refractivity contribution in [3.63, 3.8) is 0 Å². The van der Waals surface area contributed by atoms with Crippen LogP contribution in [0.3, 0.4) is 0 Å². The molecule has 0 N–H and O–H groups in total. The van der Waals surface area contributed by atoms with Crippen molar-refractivity contribution < 1.29 is 17.9 Å². The number of nitrogens with zero attached hydrogens (tertiary/aromatic N) is 1. The van der Waals surface area contributed by atoms with Crippen molar-refractivity contribution in [2.45, 2.75) is 33.0 Å². The molecule has 0 aliphatic carbocycles. The van der Waals surface area contributed by atoms with Gasteiger partial charge in [0.15, 0.2) is 0 Å². The average molecular weight is 441 g/mol. The Bertz CT molecular complexity index is 1060. The molecule has 31 heavy (non-hydrogen) atoms. The molecule has 1 aliphatic rings. The first-order chi connectivity index (χ1) is 14.7. The summed E-state index contributed by atoms with van der Waals surface area (Å²) in [6.45, 7) is 6.30. The Morgan fingerprint density at radius 3 is 1.87 bits per heavy atom. The van der Waals surface area contributed by atoms with Gasteiger partial charge in [-0.2, -0.15) is 13.2 Å². The summed E-state index contributed by atoms with van der Waals surface area (Å²) in [5.74, 6) is 0.292. The number of rotatable bonds is 4.